The van der Waals surface area contributed by atoms with Crippen molar-refractivity contribution in [3.05, 3.63) is 70.2 Å². The Kier molecular flexibility index (Phi) is 7.40. The lowest BCUT2D eigenvalue weighted by molar-refractivity contribution is -0.135. The van der Waals surface area contributed by atoms with Crippen molar-refractivity contribution in [3.8, 4) is 0 Å². The van der Waals surface area contributed by atoms with Crippen LogP contribution in [0.1, 0.15) is 23.2 Å². The number of carboxylic acid groups (broad SMARTS) is 1. The highest BCUT2D eigenvalue weighted by Crippen LogP contribution is 2.31. The van der Waals surface area contributed by atoms with Gasteiger partial charge < -0.3 is 10.2 Å². The van der Waals surface area contributed by atoms with Crippen molar-refractivity contribution in [1.29, 1.82) is 0 Å². The van der Waals surface area contributed by atoms with Gasteiger partial charge in [0.05, 0.1) is 10.6 Å². The quantitative estimate of drug-likeness (QED) is 0.426. The van der Waals surface area contributed by atoms with Gasteiger partial charge in [-0.2, -0.15) is 0 Å². The highest BCUT2D eigenvalue weighted by molar-refractivity contribution is 7.92. The number of aliphatic hydroxyl groups is 1. The molecule has 0 radical (unpaired) electrons. The first kappa shape index (κ1) is 24.0. The topological polar surface area (TPSA) is 112 Å². The van der Waals surface area contributed by atoms with Gasteiger partial charge in [0.1, 0.15) is 6.54 Å². The molecule has 3 aromatic rings. The van der Waals surface area contributed by atoms with Crippen molar-refractivity contribution < 1.29 is 28.2 Å². The molecule has 0 fully saturated rings. The third-order valence-corrected chi connectivity index (χ3v) is 6.91. The number of ketones is 1. The predicted molar refractivity (Wildman–Crippen MR) is 123 cm³/mol. The summed E-state index contributed by atoms with van der Waals surface area (Å²) in [6, 6.07) is 13.3. The van der Waals surface area contributed by atoms with Gasteiger partial charge in [-0.25, -0.2) is 8.42 Å². The monoisotopic (exact) mass is 495 g/mol. The van der Waals surface area contributed by atoms with Crippen LogP contribution < -0.4 is 4.31 Å². The molecule has 0 aliphatic heterocycles. The number of rotatable bonds is 9. The zero-order chi connectivity index (χ0) is 23.5. The van der Waals surface area contributed by atoms with E-state index in [4.69, 9.17) is 28.3 Å². The summed E-state index contributed by atoms with van der Waals surface area (Å²) in [5.74, 6) is -1.50. The number of aliphatic carboxylic acids is 1. The van der Waals surface area contributed by atoms with Crippen molar-refractivity contribution in [1.82, 2.24) is 0 Å². The van der Waals surface area contributed by atoms with Crippen LogP contribution in [-0.4, -0.2) is 43.5 Å². The molecule has 3 aromatic carbocycles. The van der Waals surface area contributed by atoms with Crippen molar-refractivity contribution in [2.24, 2.45) is 0 Å². The second-order valence-electron chi connectivity index (χ2n) is 6.97. The van der Waals surface area contributed by atoms with E-state index in [1.807, 2.05) is 0 Å². The minimum Gasteiger partial charge on any atom is -0.480 e. The molecule has 0 spiro atoms. The molecule has 7 nitrogen and oxygen atoms in total. The Balaban J connectivity index is 2.11. The molecular weight excluding hydrogens is 477 g/mol. The number of halogens is 2. The number of fused-ring (bicyclic) bond motifs is 1. The molecule has 3 rings (SSSR count). The van der Waals surface area contributed by atoms with E-state index < -0.39 is 22.5 Å². The number of carbonyl (C=O) groups is 2. The van der Waals surface area contributed by atoms with Gasteiger partial charge in [0.2, 0.25) is 0 Å². The second-order valence-corrected chi connectivity index (χ2v) is 9.71. The van der Waals surface area contributed by atoms with Crippen molar-refractivity contribution in [2.45, 2.75) is 17.7 Å². The SMILES string of the molecule is O=C(O)CN(c1ccc2c(C(=O)CCCO)cccc2c1)S(=O)(=O)c1cc(Cl)cc(Cl)c1. The molecule has 10 heteroatoms. The van der Waals surface area contributed by atoms with Crippen LogP contribution in [0.15, 0.2) is 59.5 Å². The van der Waals surface area contributed by atoms with E-state index in [1.54, 1.807) is 24.3 Å². The van der Waals surface area contributed by atoms with Crippen molar-refractivity contribution in [3.63, 3.8) is 0 Å². The third-order valence-electron chi connectivity index (χ3n) is 4.72. The molecule has 0 unspecified atom stereocenters. The van der Waals surface area contributed by atoms with Crippen LogP contribution in [-0.2, 0) is 14.8 Å². The first-order valence-electron chi connectivity index (χ1n) is 9.51. The van der Waals surface area contributed by atoms with Gasteiger partial charge in [0.15, 0.2) is 5.78 Å². The van der Waals surface area contributed by atoms with E-state index in [9.17, 15) is 23.1 Å². The Morgan fingerprint density at radius 2 is 1.66 bits per heavy atom. The summed E-state index contributed by atoms with van der Waals surface area (Å²) in [5.41, 5.74) is 0.549. The molecule has 0 amide bonds. The highest BCUT2D eigenvalue weighted by Gasteiger charge is 2.28. The minimum absolute atomic E-state index is 0.0934. The Morgan fingerprint density at radius 1 is 0.969 bits per heavy atom. The Bertz CT molecular complexity index is 1270. The number of carbonyl (C=O) groups excluding carboxylic acids is 1. The summed E-state index contributed by atoms with van der Waals surface area (Å²) >= 11 is 11.9. The fourth-order valence-electron chi connectivity index (χ4n) is 3.29. The summed E-state index contributed by atoms with van der Waals surface area (Å²) in [4.78, 5) is 23.7. The summed E-state index contributed by atoms with van der Waals surface area (Å²) in [6.45, 7) is -0.927. The van der Waals surface area contributed by atoms with Crippen LogP contribution in [0.3, 0.4) is 0 Å². The lowest BCUT2D eigenvalue weighted by Gasteiger charge is -2.23. The Hall–Kier alpha value is -2.65. The van der Waals surface area contributed by atoms with Gasteiger partial charge in [0.25, 0.3) is 10.0 Å². The first-order valence-corrected chi connectivity index (χ1v) is 11.7. The number of carboxylic acids is 1. The van der Waals surface area contributed by atoms with E-state index in [0.717, 1.165) is 4.31 Å². The van der Waals surface area contributed by atoms with Gasteiger partial charge in [0, 0.05) is 28.6 Å². The van der Waals surface area contributed by atoms with Crippen LogP contribution in [0.4, 0.5) is 5.69 Å². The molecule has 0 saturated heterocycles. The normalized spacial score (nSPS) is 11.5. The maximum atomic E-state index is 13.3. The summed E-state index contributed by atoms with van der Waals surface area (Å²) < 4.78 is 27.3. The summed E-state index contributed by atoms with van der Waals surface area (Å²) in [7, 11) is -4.31. The number of benzene rings is 3. The zero-order valence-corrected chi connectivity index (χ0v) is 19.0. The van der Waals surface area contributed by atoms with E-state index in [-0.39, 0.29) is 39.4 Å². The fourth-order valence-corrected chi connectivity index (χ4v) is 5.42. The largest absolute Gasteiger partial charge is 0.480 e. The number of sulfonamides is 1. The molecular formula is C22H19Cl2NO6S. The average molecular weight is 496 g/mol. The van der Waals surface area contributed by atoms with Gasteiger partial charge in [-0.15, -0.1) is 0 Å². The van der Waals surface area contributed by atoms with Crippen LogP contribution in [0.2, 0.25) is 10.0 Å². The first-order chi connectivity index (χ1) is 15.1. The molecule has 0 aromatic heterocycles. The lowest BCUT2D eigenvalue weighted by atomic mass is 9.98. The molecule has 0 aliphatic rings. The average Bonchev–Trinajstić information content (AvgIpc) is 2.74. The smallest absolute Gasteiger partial charge is 0.324 e. The number of hydrogen-bond donors (Lipinski definition) is 2. The van der Waals surface area contributed by atoms with E-state index in [2.05, 4.69) is 0 Å². The molecule has 0 aliphatic carbocycles. The van der Waals surface area contributed by atoms with Crippen LogP contribution in [0.5, 0.6) is 0 Å². The fraction of sp³-hybridized carbons (Fsp3) is 0.182. The standard InChI is InChI=1S/C22H19Cl2NO6S/c23-15-10-16(24)12-18(11-15)32(30,31)25(13-22(28)29)17-6-7-19-14(9-17)3-1-4-20(19)21(27)5-2-8-26/h1,3-4,6-7,9-12,26H,2,5,8,13H2,(H,28,29). The van der Waals surface area contributed by atoms with Crippen molar-refractivity contribution >= 4 is 61.4 Å². The maximum Gasteiger partial charge on any atom is 0.324 e. The predicted octanol–water partition coefficient (Wildman–Crippen LogP) is 4.38. The highest BCUT2D eigenvalue weighted by atomic mass is 35.5. The van der Waals surface area contributed by atoms with Gasteiger partial charge in [-0.1, -0.05) is 47.5 Å². The Labute approximate surface area is 194 Å². The number of nitrogens with zero attached hydrogens (tertiary/aromatic N) is 1. The Morgan fingerprint density at radius 3 is 2.28 bits per heavy atom. The molecule has 0 saturated carbocycles. The molecule has 32 heavy (non-hydrogen) atoms. The maximum absolute atomic E-state index is 13.3. The van der Waals surface area contributed by atoms with Gasteiger partial charge in [-0.3, -0.25) is 13.9 Å². The molecule has 0 heterocycles. The van der Waals surface area contributed by atoms with E-state index in [1.165, 1.54) is 30.3 Å². The van der Waals surface area contributed by atoms with Crippen molar-refractivity contribution in [2.75, 3.05) is 17.5 Å². The number of Topliss-reactive ketones (excluding diaryl/α,β-unsaturated/α-hetero) is 1. The lowest BCUT2D eigenvalue weighted by Crippen LogP contribution is -2.35. The molecule has 0 bridgehead atoms. The summed E-state index contributed by atoms with van der Waals surface area (Å²) in [6.07, 6.45) is 0.506. The zero-order valence-electron chi connectivity index (χ0n) is 16.7. The summed E-state index contributed by atoms with van der Waals surface area (Å²) in [5, 5.41) is 19.7. The van der Waals surface area contributed by atoms with Crippen LogP contribution >= 0.6 is 23.2 Å². The third kappa shape index (κ3) is 5.21. The number of aliphatic hydroxyl groups excluding tert-OH is 1. The van der Waals surface area contributed by atoms with E-state index in [0.29, 0.717) is 22.8 Å². The second kappa shape index (κ2) is 9.87. The minimum atomic E-state index is -4.31. The van der Waals surface area contributed by atoms with Crippen LogP contribution in [0.25, 0.3) is 10.8 Å². The molecule has 0 atom stereocenters. The van der Waals surface area contributed by atoms with Crippen LogP contribution in [0, 0.1) is 0 Å². The van der Waals surface area contributed by atoms with Gasteiger partial charge in [-0.05, 0) is 47.5 Å². The van der Waals surface area contributed by atoms with E-state index >= 15 is 0 Å². The molecule has 168 valence electrons. The molecule has 2 N–H and O–H groups in total. The van der Waals surface area contributed by atoms with Gasteiger partial charge >= 0.3 is 5.97 Å². The number of hydrogen-bond acceptors (Lipinski definition) is 5. The number of anilines is 1.